The number of amides is 1. The molecule has 0 bridgehead atoms. The average molecular weight is 355 g/mol. The second kappa shape index (κ2) is 7.74. The molecule has 0 aliphatic carbocycles. The fourth-order valence-corrected chi connectivity index (χ4v) is 2.59. The van der Waals surface area contributed by atoms with Gasteiger partial charge in [-0.25, -0.2) is 4.39 Å². The van der Waals surface area contributed by atoms with Gasteiger partial charge in [0.25, 0.3) is 5.91 Å². The molecule has 0 aliphatic rings. The van der Waals surface area contributed by atoms with E-state index in [0.29, 0.717) is 28.4 Å². The van der Waals surface area contributed by atoms with Gasteiger partial charge < -0.3 is 19.2 Å². The molecule has 3 rings (SSSR count). The molecule has 0 saturated heterocycles. The lowest BCUT2D eigenvalue weighted by atomic mass is 10.0. The van der Waals surface area contributed by atoms with Crippen LogP contribution in [0.15, 0.2) is 59.2 Å². The van der Waals surface area contributed by atoms with E-state index in [0.717, 1.165) is 0 Å². The maximum absolute atomic E-state index is 14.1. The Labute approximate surface area is 150 Å². The molecule has 6 heteroatoms. The molecule has 5 nitrogen and oxygen atoms in total. The van der Waals surface area contributed by atoms with E-state index in [1.54, 1.807) is 43.5 Å². The van der Waals surface area contributed by atoms with Gasteiger partial charge >= 0.3 is 0 Å². The molecule has 0 unspecified atom stereocenters. The fraction of sp³-hybridized carbons (Fsp3) is 0.150. The van der Waals surface area contributed by atoms with E-state index in [-0.39, 0.29) is 18.0 Å². The van der Waals surface area contributed by atoms with Crippen molar-refractivity contribution >= 4 is 5.91 Å². The van der Waals surface area contributed by atoms with Crippen LogP contribution in [0.1, 0.15) is 16.1 Å². The number of ether oxygens (including phenoxy) is 2. The monoisotopic (exact) mass is 355 g/mol. The molecule has 2 aromatic carbocycles. The fourth-order valence-electron chi connectivity index (χ4n) is 2.59. The van der Waals surface area contributed by atoms with Gasteiger partial charge in [0.05, 0.1) is 27.0 Å². The average Bonchev–Trinajstić information content (AvgIpc) is 3.18. The van der Waals surface area contributed by atoms with Crippen LogP contribution in [-0.2, 0) is 6.54 Å². The van der Waals surface area contributed by atoms with Crippen LogP contribution in [0.3, 0.4) is 0 Å². The minimum Gasteiger partial charge on any atom is -0.493 e. The Balaban J connectivity index is 1.86. The Hall–Kier alpha value is -3.28. The predicted octanol–water partition coefficient (Wildman–Crippen LogP) is 4.03. The summed E-state index contributed by atoms with van der Waals surface area (Å²) < 4.78 is 29.7. The van der Waals surface area contributed by atoms with Gasteiger partial charge in [-0.2, -0.15) is 0 Å². The van der Waals surface area contributed by atoms with Gasteiger partial charge in [-0.15, -0.1) is 0 Å². The van der Waals surface area contributed by atoms with Crippen molar-refractivity contribution in [1.82, 2.24) is 5.32 Å². The number of carbonyl (C=O) groups is 1. The number of benzene rings is 2. The maximum atomic E-state index is 14.1. The topological polar surface area (TPSA) is 60.7 Å². The van der Waals surface area contributed by atoms with Gasteiger partial charge in [0.2, 0.25) is 0 Å². The Bertz CT molecular complexity index is 906. The molecule has 0 fully saturated rings. The molecule has 1 amide bonds. The molecule has 3 aromatic rings. The van der Waals surface area contributed by atoms with Gasteiger partial charge in [0, 0.05) is 5.56 Å². The van der Waals surface area contributed by atoms with Crippen LogP contribution in [0.4, 0.5) is 4.39 Å². The highest BCUT2D eigenvalue weighted by atomic mass is 19.1. The molecule has 0 atom stereocenters. The Morgan fingerprint density at radius 2 is 1.85 bits per heavy atom. The summed E-state index contributed by atoms with van der Waals surface area (Å²) in [5, 5.41) is 2.70. The number of furan rings is 1. The van der Waals surface area contributed by atoms with E-state index in [4.69, 9.17) is 13.9 Å². The third kappa shape index (κ3) is 3.85. The van der Waals surface area contributed by atoms with Crippen molar-refractivity contribution < 1.29 is 23.1 Å². The molecule has 0 radical (unpaired) electrons. The summed E-state index contributed by atoms with van der Waals surface area (Å²) in [6.07, 6.45) is 1.53. The van der Waals surface area contributed by atoms with Crippen LogP contribution in [0.5, 0.6) is 11.5 Å². The van der Waals surface area contributed by atoms with Crippen molar-refractivity contribution in [3.05, 3.63) is 71.9 Å². The Morgan fingerprint density at radius 1 is 1.04 bits per heavy atom. The zero-order chi connectivity index (χ0) is 18.5. The third-order valence-corrected chi connectivity index (χ3v) is 3.88. The lowest BCUT2D eigenvalue weighted by Gasteiger charge is -2.11. The van der Waals surface area contributed by atoms with Crippen molar-refractivity contribution in [3.8, 4) is 22.6 Å². The molecule has 1 aromatic heterocycles. The Morgan fingerprint density at radius 3 is 2.54 bits per heavy atom. The van der Waals surface area contributed by atoms with Crippen LogP contribution in [0.2, 0.25) is 0 Å². The van der Waals surface area contributed by atoms with Crippen LogP contribution in [-0.4, -0.2) is 20.1 Å². The molecule has 1 heterocycles. The van der Waals surface area contributed by atoms with Gasteiger partial charge in [0.15, 0.2) is 11.5 Å². The molecular weight excluding hydrogens is 337 g/mol. The number of methoxy groups -OCH3 is 2. The summed E-state index contributed by atoms with van der Waals surface area (Å²) in [5.41, 5.74) is 1.50. The quantitative estimate of drug-likeness (QED) is 0.725. The van der Waals surface area contributed by atoms with Crippen molar-refractivity contribution in [2.75, 3.05) is 14.2 Å². The number of hydrogen-bond donors (Lipinski definition) is 1. The zero-order valence-corrected chi connectivity index (χ0v) is 14.4. The first-order chi connectivity index (χ1) is 12.6. The zero-order valence-electron chi connectivity index (χ0n) is 14.4. The summed E-state index contributed by atoms with van der Waals surface area (Å²) in [5.74, 6) is 0.833. The van der Waals surface area contributed by atoms with Gasteiger partial charge in [0.1, 0.15) is 11.6 Å². The van der Waals surface area contributed by atoms with Gasteiger partial charge in [-0.1, -0.05) is 6.07 Å². The van der Waals surface area contributed by atoms with Crippen molar-refractivity contribution in [2.24, 2.45) is 0 Å². The van der Waals surface area contributed by atoms with Crippen LogP contribution in [0, 0.1) is 5.82 Å². The number of nitrogens with one attached hydrogen (secondary N) is 1. The van der Waals surface area contributed by atoms with Crippen molar-refractivity contribution in [2.45, 2.75) is 6.54 Å². The highest BCUT2D eigenvalue weighted by Crippen LogP contribution is 2.32. The minimum atomic E-state index is -0.500. The molecule has 0 saturated carbocycles. The minimum absolute atomic E-state index is 0.223. The predicted molar refractivity (Wildman–Crippen MR) is 94.8 cm³/mol. The molecule has 1 N–H and O–H groups in total. The smallest absolute Gasteiger partial charge is 0.251 e. The van der Waals surface area contributed by atoms with Crippen LogP contribution < -0.4 is 14.8 Å². The first-order valence-corrected chi connectivity index (χ1v) is 7.94. The van der Waals surface area contributed by atoms with Crippen LogP contribution >= 0.6 is 0 Å². The standard InChI is InChI=1S/C20H18FNO4/c1-24-18-6-5-13(11-19(18)25-2)14-8-15(10-16(21)9-14)20(23)22-12-17-4-3-7-26-17/h3-11H,12H2,1-2H3,(H,22,23). The lowest BCUT2D eigenvalue weighted by molar-refractivity contribution is 0.0947. The van der Waals surface area contributed by atoms with E-state index in [9.17, 15) is 9.18 Å². The van der Waals surface area contributed by atoms with Crippen molar-refractivity contribution in [3.63, 3.8) is 0 Å². The number of rotatable bonds is 6. The second-order valence-electron chi connectivity index (χ2n) is 5.56. The van der Waals surface area contributed by atoms with Crippen LogP contribution in [0.25, 0.3) is 11.1 Å². The largest absolute Gasteiger partial charge is 0.493 e. The SMILES string of the molecule is COc1ccc(-c2cc(F)cc(C(=O)NCc3ccco3)c2)cc1OC. The number of hydrogen-bond acceptors (Lipinski definition) is 4. The molecule has 134 valence electrons. The van der Waals surface area contributed by atoms with Gasteiger partial charge in [-0.05, 0) is 53.6 Å². The molecule has 26 heavy (non-hydrogen) atoms. The van der Waals surface area contributed by atoms with E-state index in [1.807, 2.05) is 0 Å². The van der Waals surface area contributed by atoms with E-state index < -0.39 is 5.82 Å². The molecule has 0 spiro atoms. The second-order valence-corrected chi connectivity index (χ2v) is 5.56. The maximum Gasteiger partial charge on any atom is 0.251 e. The van der Waals surface area contributed by atoms with Gasteiger partial charge in [-0.3, -0.25) is 4.79 Å². The summed E-state index contributed by atoms with van der Waals surface area (Å²) in [7, 11) is 3.07. The first kappa shape index (κ1) is 17.5. The highest BCUT2D eigenvalue weighted by Gasteiger charge is 2.12. The van der Waals surface area contributed by atoms with E-state index in [2.05, 4.69) is 5.32 Å². The number of halogens is 1. The van der Waals surface area contributed by atoms with Crippen molar-refractivity contribution in [1.29, 1.82) is 0 Å². The summed E-state index contributed by atoms with van der Waals surface area (Å²) in [6, 6.07) is 12.9. The highest BCUT2D eigenvalue weighted by molar-refractivity contribution is 5.95. The van der Waals surface area contributed by atoms with E-state index in [1.165, 1.54) is 25.5 Å². The summed E-state index contributed by atoms with van der Waals surface area (Å²) >= 11 is 0. The normalized spacial score (nSPS) is 10.4. The lowest BCUT2D eigenvalue weighted by Crippen LogP contribution is -2.22. The molecule has 0 aliphatic heterocycles. The third-order valence-electron chi connectivity index (χ3n) is 3.88. The summed E-state index contributed by atoms with van der Waals surface area (Å²) in [6.45, 7) is 0.230. The number of carbonyl (C=O) groups excluding carboxylic acids is 1. The Kier molecular flexibility index (Phi) is 5.22. The molecular formula is C20H18FNO4. The summed E-state index contributed by atoms with van der Waals surface area (Å²) in [4.78, 5) is 12.3. The van der Waals surface area contributed by atoms with E-state index >= 15 is 0 Å². The first-order valence-electron chi connectivity index (χ1n) is 7.94.